The largest absolute Gasteiger partial charge is 0.369 e. The monoisotopic (exact) mass is 427 g/mol. The number of hydrogen-bond acceptors (Lipinski definition) is 6. The lowest BCUT2D eigenvalue weighted by molar-refractivity contribution is -0.122. The van der Waals surface area contributed by atoms with E-state index >= 15 is 0 Å². The number of hydrogen-bond donors (Lipinski definition) is 1. The standard InChI is InChI=1S/C23H33N5OS/c1-19-6-4-7-20(18-19)27-15-13-26(14-16-27)11-3-2-9-24-22(29)21-8-5-12-28(21)23-25-10-17-30-23/h4,6-7,10,17-18,21H,2-3,5,8-9,11-16H2,1H3,(H,24,29). The molecule has 162 valence electrons. The zero-order valence-corrected chi connectivity index (χ0v) is 18.7. The Morgan fingerprint density at radius 3 is 2.83 bits per heavy atom. The lowest BCUT2D eigenvalue weighted by Gasteiger charge is -2.36. The van der Waals surface area contributed by atoms with Crippen LogP contribution in [-0.4, -0.2) is 67.6 Å². The first-order valence-corrected chi connectivity index (χ1v) is 12.1. The van der Waals surface area contributed by atoms with Crippen LogP contribution in [0, 0.1) is 6.92 Å². The van der Waals surface area contributed by atoms with Gasteiger partial charge in [-0.15, -0.1) is 11.3 Å². The quantitative estimate of drug-likeness (QED) is 0.656. The van der Waals surface area contributed by atoms with E-state index in [9.17, 15) is 4.79 Å². The van der Waals surface area contributed by atoms with Crippen molar-refractivity contribution < 1.29 is 4.79 Å². The van der Waals surface area contributed by atoms with Crippen molar-refractivity contribution in [3.8, 4) is 0 Å². The molecule has 2 saturated heterocycles. The van der Waals surface area contributed by atoms with Crippen molar-refractivity contribution in [2.24, 2.45) is 0 Å². The molecule has 2 aliphatic rings. The fourth-order valence-electron chi connectivity index (χ4n) is 4.47. The van der Waals surface area contributed by atoms with Gasteiger partial charge in [0.2, 0.25) is 5.91 Å². The number of piperazine rings is 1. The van der Waals surface area contributed by atoms with Crippen molar-refractivity contribution in [2.75, 3.05) is 55.6 Å². The number of unbranched alkanes of at least 4 members (excludes halogenated alkanes) is 1. The normalized spacial score (nSPS) is 20.0. The molecule has 1 unspecified atom stereocenters. The molecule has 30 heavy (non-hydrogen) atoms. The van der Waals surface area contributed by atoms with Gasteiger partial charge >= 0.3 is 0 Å². The highest BCUT2D eigenvalue weighted by atomic mass is 32.1. The Morgan fingerprint density at radius 1 is 1.20 bits per heavy atom. The van der Waals surface area contributed by atoms with E-state index in [0.717, 1.165) is 76.6 Å². The van der Waals surface area contributed by atoms with Gasteiger partial charge in [0.25, 0.3) is 0 Å². The number of amides is 1. The number of nitrogens with one attached hydrogen (secondary N) is 1. The molecule has 1 N–H and O–H groups in total. The number of anilines is 2. The summed E-state index contributed by atoms with van der Waals surface area (Å²) in [6, 6.07) is 8.74. The van der Waals surface area contributed by atoms with Gasteiger partial charge in [0.15, 0.2) is 5.13 Å². The summed E-state index contributed by atoms with van der Waals surface area (Å²) in [6.07, 6.45) is 5.97. The topological polar surface area (TPSA) is 51.7 Å². The fourth-order valence-corrected chi connectivity index (χ4v) is 5.19. The Morgan fingerprint density at radius 2 is 2.07 bits per heavy atom. The van der Waals surface area contributed by atoms with Crippen molar-refractivity contribution in [3.05, 3.63) is 41.4 Å². The maximum atomic E-state index is 12.6. The second-order valence-electron chi connectivity index (χ2n) is 8.33. The molecule has 6 nitrogen and oxygen atoms in total. The summed E-state index contributed by atoms with van der Waals surface area (Å²) in [6.45, 7) is 9.39. The number of rotatable bonds is 8. The maximum absolute atomic E-state index is 12.6. The van der Waals surface area contributed by atoms with Gasteiger partial charge in [0.05, 0.1) is 0 Å². The van der Waals surface area contributed by atoms with Gasteiger partial charge in [0, 0.05) is 56.5 Å². The summed E-state index contributed by atoms with van der Waals surface area (Å²) in [5, 5.41) is 6.10. The Hall–Kier alpha value is -2.12. The third-order valence-electron chi connectivity index (χ3n) is 6.16. The van der Waals surface area contributed by atoms with Crippen molar-refractivity contribution in [1.29, 1.82) is 0 Å². The number of benzene rings is 1. The highest BCUT2D eigenvalue weighted by molar-refractivity contribution is 7.13. The Kier molecular flexibility index (Phi) is 7.23. The van der Waals surface area contributed by atoms with E-state index in [4.69, 9.17) is 0 Å². The lowest BCUT2D eigenvalue weighted by Crippen LogP contribution is -2.46. The van der Waals surface area contributed by atoms with E-state index in [1.807, 2.05) is 11.6 Å². The van der Waals surface area contributed by atoms with Crippen molar-refractivity contribution >= 4 is 28.1 Å². The van der Waals surface area contributed by atoms with Gasteiger partial charge < -0.3 is 15.1 Å². The molecule has 0 bridgehead atoms. The van der Waals surface area contributed by atoms with Crippen LogP contribution in [-0.2, 0) is 4.79 Å². The smallest absolute Gasteiger partial charge is 0.242 e. The molecule has 0 aliphatic carbocycles. The Bertz CT molecular complexity index is 804. The second-order valence-corrected chi connectivity index (χ2v) is 9.20. The summed E-state index contributed by atoms with van der Waals surface area (Å²) < 4.78 is 0. The highest BCUT2D eigenvalue weighted by Crippen LogP contribution is 2.27. The van der Waals surface area contributed by atoms with Crippen LogP contribution in [0.1, 0.15) is 31.2 Å². The minimum absolute atomic E-state index is 0.0501. The molecule has 1 aromatic heterocycles. The molecule has 2 aromatic rings. The van der Waals surface area contributed by atoms with Crippen LogP contribution in [0.3, 0.4) is 0 Å². The summed E-state index contributed by atoms with van der Waals surface area (Å²) in [5.74, 6) is 0.162. The van der Waals surface area contributed by atoms with E-state index in [-0.39, 0.29) is 11.9 Å². The minimum Gasteiger partial charge on any atom is -0.369 e. The molecular formula is C23H33N5OS. The fraction of sp³-hybridized carbons (Fsp3) is 0.565. The van der Waals surface area contributed by atoms with Crippen molar-refractivity contribution in [1.82, 2.24) is 15.2 Å². The van der Waals surface area contributed by atoms with Gasteiger partial charge in [-0.3, -0.25) is 9.69 Å². The number of carbonyl (C=O) groups excluding carboxylic acids is 1. The van der Waals surface area contributed by atoms with Crippen molar-refractivity contribution in [3.63, 3.8) is 0 Å². The highest BCUT2D eigenvalue weighted by Gasteiger charge is 2.31. The molecule has 1 aromatic carbocycles. The number of aryl methyl sites for hydroxylation is 1. The molecular weight excluding hydrogens is 394 g/mol. The molecule has 7 heteroatoms. The molecule has 3 heterocycles. The molecule has 0 saturated carbocycles. The predicted molar refractivity (Wildman–Crippen MR) is 125 cm³/mol. The average Bonchev–Trinajstić information content (AvgIpc) is 3.45. The van der Waals surface area contributed by atoms with Gasteiger partial charge in [-0.1, -0.05) is 12.1 Å². The Balaban J connectivity index is 1.11. The van der Waals surface area contributed by atoms with E-state index in [0.29, 0.717) is 0 Å². The summed E-state index contributed by atoms with van der Waals surface area (Å²) in [5.41, 5.74) is 2.67. The molecule has 0 radical (unpaired) electrons. The van der Waals surface area contributed by atoms with Crippen molar-refractivity contribution in [2.45, 2.75) is 38.6 Å². The van der Waals surface area contributed by atoms with Crippen LogP contribution >= 0.6 is 11.3 Å². The first kappa shape index (κ1) is 21.1. The molecule has 0 spiro atoms. The summed E-state index contributed by atoms with van der Waals surface area (Å²) in [7, 11) is 0. The summed E-state index contributed by atoms with van der Waals surface area (Å²) >= 11 is 1.61. The number of carbonyl (C=O) groups is 1. The van der Waals surface area contributed by atoms with E-state index < -0.39 is 0 Å². The molecule has 2 fully saturated rings. The van der Waals surface area contributed by atoms with Crippen LogP contribution in [0.15, 0.2) is 35.8 Å². The second kappa shape index (κ2) is 10.3. The van der Waals surface area contributed by atoms with Crippen LogP contribution in [0.25, 0.3) is 0 Å². The van der Waals surface area contributed by atoms with Crippen LogP contribution in [0.5, 0.6) is 0 Å². The lowest BCUT2D eigenvalue weighted by atomic mass is 10.2. The van der Waals surface area contributed by atoms with E-state index in [1.54, 1.807) is 11.3 Å². The molecule has 4 rings (SSSR count). The van der Waals surface area contributed by atoms with Crippen LogP contribution in [0.2, 0.25) is 0 Å². The van der Waals surface area contributed by atoms with Gasteiger partial charge in [-0.25, -0.2) is 4.98 Å². The first-order valence-electron chi connectivity index (χ1n) is 11.2. The summed E-state index contributed by atoms with van der Waals surface area (Å²) in [4.78, 5) is 24.2. The van der Waals surface area contributed by atoms with Gasteiger partial charge in [-0.2, -0.15) is 0 Å². The molecule has 2 aliphatic heterocycles. The number of nitrogens with zero attached hydrogens (tertiary/aromatic N) is 4. The van der Waals surface area contributed by atoms with E-state index in [2.05, 4.69) is 56.2 Å². The minimum atomic E-state index is -0.0501. The molecule has 1 atom stereocenters. The zero-order valence-electron chi connectivity index (χ0n) is 17.9. The predicted octanol–water partition coefficient (Wildman–Crippen LogP) is 3.14. The first-order chi connectivity index (χ1) is 14.7. The zero-order chi connectivity index (χ0) is 20.8. The van der Waals surface area contributed by atoms with Crippen LogP contribution < -0.4 is 15.1 Å². The van der Waals surface area contributed by atoms with Crippen LogP contribution in [0.4, 0.5) is 10.8 Å². The van der Waals surface area contributed by atoms with E-state index in [1.165, 1.54) is 11.3 Å². The third kappa shape index (κ3) is 5.32. The molecule has 1 amide bonds. The third-order valence-corrected chi connectivity index (χ3v) is 6.97. The maximum Gasteiger partial charge on any atom is 0.242 e. The van der Waals surface area contributed by atoms with Gasteiger partial charge in [-0.05, 0) is 56.8 Å². The number of thiazole rings is 1. The Labute approximate surface area is 183 Å². The SMILES string of the molecule is Cc1cccc(N2CCN(CCCCNC(=O)C3CCCN3c3nccs3)CC2)c1. The average molecular weight is 428 g/mol. The van der Waals surface area contributed by atoms with Gasteiger partial charge in [0.1, 0.15) is 6.04 Å². The number of aromatic nitrogens is 1.